The van der Waals surface area contributed by atoms with Crippen molar-refractivity contribution in [2.24, 2.45) is 11.7 Å². The van der Waals surface area contributed by atoms with Crippen molar-refractivity contribution >= 4 is 0 Å². The molecule has 1 aromatic rings. The second kappa shape index (κ2) is 8.22. The van der Waals surface area contributed by atoms with Gasteiger partial charge in [-0.1, -0.05) is 6.92 Å². The smallest absolute Gasteiger partial charge is 0.213 e. The van der Waals surface area contributed by atoms with Crippen molar-refractivity contribution in [3.63, 3.8) is 0 Å². The van der Waals surface area contributed by atoms with Crippen molar-refractivity contribution in [2.75, 3.05) is 26.2 Å². The van der Waals surface area contributed by atoms with Crippen LogP contribution in [0.3, 0.4) is 0 Å². The van der Waals surface area contributed by atoms with Crippen molar-refractivity contribution in [1.29, 1.82) is 0 Å². The van der Waals surface area contributed by atoms with E-state index in [0.717, 1.165) is 37.7 Å². The fraction of sp³-hybridized carbons (Fsp3) is 0.688. The lowest BCUT2D eigenvalue weighted by molar-refractivity contribution is 0.176. The quantitative estimate of drug-likeness (QED) is 0.778. The molecule has 0 amide bonds. The molecule has 0 aliphatic carbocycles. The molecule has 1 unspecified atom stereocenters. The third-order valence-corrected chi connectivity index (χ3v) is 3.79. The lowest BCUT2D eigenvalue weighted by Gasteiger charge is -2.30. The molecule has 4 nitrogen and oxygen atoms in total. The molecular formula is C16H27N3O. The van der Waals surface area contributed by atoms with Crippen LogP contribution in [0.2, 0.25) is 0 Å². The summed E-state index contributed by atoms with van der Waals surface area (Å²) in [5.41, 5.74) is 6.77. The maximum atomic E-state index is 5.67. The third-order valence-electron chi connectivity index (χ3n) is 3.79. The van der Waals surface area contributed by atoms with Gasteiger partial charge in [0.15, 0.2) is 0 Å². The summed E-state index contributed by atoms with van der Waals surface area (Å²) in [6, 6.07) is 4.16. The van der Waals surface area contributed by atoms with Gasteiger partial charge in [-0.05, 0) is 56.3 Å². The Bertz CT molecular complexity index is 397. The predicted molar refractivity (Wildman–Crippen MR) is 81.7 cm³/mol. The van der Waals surface area contributed by atoms with E-state index in [1.54, 1.807) is 0 Å². The summed E-state index contributed by atoms with van der Waals surface area (Å²) in [4.78, 5) is 6.80. The van der Waals surface area contributed by atoms with Gasteiger partial charge in [0, 0.05) is 25.4 Å². The van der Waals surface area contributed by atoms with Crippen molar-refractivity contribution < 1.29 is 4.74 Å². The van der Waals surface area contributed by atoms with Crippen LogP contribution in [-0.4, -0.2) is 36.1 Å². The number of ether oxygens (including phenoxy) is 1. The summed E-state index contributed by atoms with van der Waals surface area (Å²) in [5.74, 6) is 1.56. The van der Waals surface area contributed by atoms with Gasteiger partial charge >= 0.3 is 0 Å². The molecule has 0 radical (unpaired) electrons. The molecular weight excluding hydrogens is 250 g/mol. The van der Waals surface area contributed by atoms with Crippen LogP contribution in [0.25, 0.3) is 0 Å². The van der Waals surface area contributed by atoms with Gasteiger partial charge in [0.1, 0.15) is 0 Å². The second-order valence-corrected chi connectivity index (χ2v) is 5.83. The van der Waals surface area contributed by atoms with E-state index in [1.807, 2.05) is 6.20 Å². The minimum Gasteiger partial charge on any atom is -0.478 e. The molecule has 112 valence electrons. The van der Waals surface area contributed by atoms with E-state index in [9.17, 15) is 0 Å². The average molecular weight is 277 g/mol. The Morgan fingerprint density at radius 2 is 2.35 bits per heavy atom. The number of rotatable bonds is 7. The minimum absolute atomic E-state index is 0.703. The zero-order chi connectivity index (χ0) is 14.2. The largest absolute Gasteiger partial charge is 0.478 e. The van der Waals surface area contributed by atoms with E-state index < -0.39 is 0 Å². The molecule has 2 N–H and O–H groups in total. The first-order chi connectivity index (χ1) is 9.78. The second-order valence-electron chi connectivity index (χ2n) is 5.83. The number of piperidine rings is 1. The summed E-state index contributed by atoms with van der Waals surface area (Å²) in [6.45, 7) is 7.18. The maximum Gasteiger partial charge on any atom is 0.213 e. The molecule has 0 spiro atoms. The van der Waals surface area contributed by atoms with Crippen LogP contribution in [0.15, 0.2) is 18.3 Å². The van der Waals surface area contributed by atoms with Crippen molar-refractivity contribution in [3.8, 4) is 5.88 Å². The first kappa shape index (κ1) is 15.3. The summed E-state index contributed by atoms with van der Waals surface area (Å²) >= 11 is 0. The van der Waals surface area contributed by atoms with Crippen LogP contribution in [0, 0.1) is 5.92 Å². The molecule has 2 rings (SSSR count). The first-order valence-electron chi connectivity index (χ1n) is 7.78. The molecule has 1 saturated heterocycles. The van der Waals surface area contributed by atoms with Crippen molar-refractivity contribution in [2.45, 2.75) is 39.2 Å². The normalized spacial score (nSPS) is 20.0. The molecule has 0 saturated carbocycles. The molecule has 1 aromatic heterocycles. The number of pyridine rings is 1. The van der Waals surface area contributed by atoms with Gasteiger partial charge in [-0.15, -0.1) is 0 Å². The number of unbranched alkanes of at least 4 members (excludes halogenated alkanes) is 1. The number of nitrogens with zero attached hydrogens (tertiary/aromatic N) is 2. The Morgan fingerprint density at radius 1 is 1.45 bits per heavy atom. The Balaban J connectivity index is 1.82. The van der Waals surface area contributed by atoms with Crippen LogP contribution in [0.1, 0.15) is 38.2 Å². The lowest BCUT2D eigenvalue weighted by atomic mass is 10.00. The van der Waals surface area contributed by atoms with Gasteiger partial charge < -0.3 is 10.5 Å². The number of aromatic nitrogens is 1. The van der Waals surface area contributed by atoms with Gasteiger partial charge in [-0.3, -0.25) is 4.90 Å². The molecule has 1 fully saturated rings. The van der Waals surface area contributed by atoms with E-state index in [-0.39, 0.29) is 0 Å². The van der Waals surface area contributed by atoms with E-state index in [2.05, 4.69) is 28.9 Å². The van der Waals surface area contributed by atoms with Crippen molar-refractivity contribution in [1.82, 2.24) is 9.88 Å². The zero-order valence-corrected chi connectivity index (χ0v) is 12.6. The monoisotopic (exact) mass is 277 g/mol. The lowest BCUT2D eigenvalue weighted by Crippen LogP contribution is -2.33. The summed E-state index contributed by atoms with van der Waals surface area (Å²) in [7, 11) is 0. The highest BCUT2D eigenvalue weighted by Crippen LogP contribution is 2.19. The number of hydrogen-bond donors (Lipinski definition) is 1. The third kappa shape index (κ3) is 5.10. The Morgan fingerprint density at radius 3 is 3.15 bits per heavy atom. The number of hydrogen-bond acceptors (Lipinski definition) is 4. The summed E-state index contributed by atoms with van der Waals surface area (Å²) in [6.07, 6.45) is 6.52. The van der Waals surface area contributed by atoms with Gasteiger partial charge in [-0.25, -0.2) is 4.98 Å². The Hall–Kier alpha value is -1.13. The summed E-state index contributed by atoms with van der Waals surface area (Å²) in [5, 5.41) is 0. The van der Waals surface area contributed by atoms with Gasteiger partial charge in [0.05, 0.1) is 6.61 Å². The molecule has 20 heavy (non-hydrogen) atoms. The first-order valence-corrected chi connectivity index (χ1v) is 7.78. The Labute approximate surface area is 122 Å². The molecule has 1 aliphatic heterocycles. The van der Waals surface area contributed by atoms with Gasteiger partial charge in [0.25, 0.3) is 0 Å². The molecule has 0 aromatic carbocycles. The molecule has 1 aliphatic rings. The molecule has 0 bridgehead atoms. The highest BCUT2D eigenvalue weighted by molar-refractivity contribution is 5.20. The summed E-state index contributed by atoms with van der Waals surface area (Å²) < 4.78 is 5.67. The minimum atomic E-state index is 0.703. The topological polar surface area (TPSA) is 51.4 Å². The molecule has 4 heteroatoms. The van der Waals surface area contributed by atoms with Gasteiger partial charge in [-0.2, -0.15) is 0 Å². The van der Waals surface area contributed by atoms with E-state index in [4.69, 9.17) is 10.5 Å². The van der Waals surface area contributed by atoms with E-state index in [1.165, 1.54) is 31.5 Å². The Kier molecular flexibility index (Phi) is 6.27. The van der Waals surface area contributed by atoms with Crippen LogP contribution in [-0.2, 0) is 6.54 Å². The predicted octanol–water partition coefficient (Wildman–Crippen LogP) is 2.43. The van der Waals surface area contributed by atoms with Crippen LogP contribution >= 0.6 is 0 Å². The average Bonchev–Trinajstić information content (AvgIpc) is 2.44. The zero-order valence-electron chi connectivity index (χ0n) is 12.6. The van der Waals surface area contributed by atoms with Crippen LogP contribution < -0.4 is 10.5 Å². The molecule has 1 atom stereocenters. The molecule has 2 heterocycles. The highest BCUT2D eigenvalue weighted by atomic mass is 16.5. The van der Waals surface area contributed by atoms with Gasteiger partial charge in [0.2, 0.25) is 5.88 Å². The van der Waals surface area contributed by atoms with Crippen LogP contribution in [0.4, 0.5) is 0 Å². The highest BCUT2D eigenvalue weighted by Gasteiger charge is 2.16. The number of likely N-dealkylation sites (tertiary alicyclic amines) is 1. The standard InChI is InChI=1S/C16H27N3O/c1-14-5-4-9-19(12-14)13-15-6-8-18-16(11-15)20-10-3-2-7-17/h6,8,11,14H,2-5,7,9-10,12-13,17H2,1H3. The van der Waals surface area contributed by atoms with E-state index >= 15 is 0 Å². The SMILES string of the molecule is CC1CCCN(Cc2ccnc(OCCCCN)c2)C1. The fourth-order valence-electron chi connectivity index (χ4n) is 2.74. The van der Waals surface area contributed by atoms with E-state index in [0.29, 0.717) is 6.61 Å². The maximum absolute atomic E-state index is 5.67. The number of nitrogens with two attached hydrogens (primary N) is 1. The van der Waals surface area contributed by atoms with Crippen LogP contribution in [0.5, 0.6) is 5.88 Å². The fourth-order valence-corrected chi connectivity index (χ4v) is 2.74. The van der Waals surface area contributed by atoms with Crippen molar-refractivity contribution in [3.05, 3.63) is 23.9 Å².